The van der Waals surface area contributed by atoms with E-state index in [1.165, 1.54) is 6.20 Å². The van der Waals surface area contributed by atoms with Crippen LogP contribution in [0.1, 0.15) is 38.1 Å². The lowest BCUT2D eigenvalue weighted by molar-refractivity contribution is -0.144. The second-order valence-corrected chi connectivity index (χ2v) is 7.36. The maximum Gasteiger partial charge on any atom is 0.332 e. The van der Waals surface area contributed by atoms with Crippen LogP contribution in [0.4, 0.5) is 0 Å². The third-order valence-electron chi connectivity index (χ3n) is 3.49. The molecule has 156 valence electrons. The maximum absolute atomic E-state index is 12.5. The lowest BCUT2D eigenvalue weighted by Crippen LogP contribution is -2.40. The average Bonchev–Trinajstić information content (AvgIpc) is 2.67. The van der Waals surface area contributed by atoms with Crippen molar-refractivity contribution in [2.24, 2.45) is 5.41 Å². The number of carbonyl (C=O) groups excluding carboxylic acids is 2. The first-order chi connectivity index (χ1) is 13.7. The van der Waals surface area contributed by atoms with Gasteiger partial charge in [-0.25, -0.2) is 9.78 Å². The van der Waals surface area contributed by atoms with Crippen LogP contribution < -0.4 is 10.1 Å². The number of esters is 1. The molecule has 29 heavy (non-hydrogen) atoms. The largest absolute Gasteiger partial charge is 0.473 e. The molecule has 0 aliphatic rings. The molecule has 1 aromatic rings. The number of carbonyl (C=O) groups is 2. The molecule has 6 heteroatoms. The van der Waals surface area contributed by atoms with Crippen molar-refractivity contribution in [1.82, 2.24) is 10.3 Å². The molecule has 6 nitrogen and oxygen atoms in total. The summed E-state index contributed by atoms with van der Waals surface area (Å²) in [6.07, 6.45) is 10.1. The van der Waals surface area contributed by atoms with Gasteiger partial charge in [-0.3, -0.25) is 4.79 Å². The molecule has 0 spiro atoms. The Kier molecular flexibility index (Phi) is 9.59. The lowest BCUT2D eigenvalue weighted by atomic mass is 9.95. The van der Waals surface area contributed by atoms with Crippen LogP contribution in [0.3, 0.4) is 0 Å². The van der Waals surface area contributed by atoms with E-state index in [0.717, 1.165) is 5.57 Å². The van der Waals surface area contributed by atoms with Crippen molar-refractivity contribution in [1.29, 1.82) is 0 Å². The summed E-state index contributed by atoms with van der Waals surface area (Å²) in [5, 5.41) is 2.67. The fraction of sp³-hybridized carbons (Fsp3) is 0.348. The highest BCUT2D eigenvalue weighted by atomic mass is 16.5. The Morgan fingerprint density at radius 2 is 2.03 bits per heavy atom. The van der Waals surface area contributed by atoms with Gasteiger partial charge >= 0.3 is 5.97 Å². The number of pyridine rings is 1. The van der Waals surface area contributed by atoms with Crippen LogP contribution in [0.5, 0.6) is 5.88 Å². The zero-order valence-electron chi connectivity index (χ0n) is 17.6. The third kappa shape index (κ3) is 9.55. The summed E-state index contributed by atoms with van der Waals surface area (Å²) < 4.78 is 10.6. The summed E-state index contributed by atoms with van der Waals surface area (Å²) in [7, 11) is 0. The van der Waals surface area contributed by atoms with Crippen LogP contribution in [-0.2, 0) is 9.53 Å². The molecule has 1 N–H and O–H groups in total. The predicted octanol–water partition coefficient (Wildman–Crippen LogP) is 4.02. The monoisotopic (exact) mass is 398 g/mol. The van der Waals surface area contributed by atoms with E-state index in [0.29, 0.717) is 11.4 Å². The predicted molar refractivity (Wildman–Crippen MR) is 115 cm³/mol. The molecule has 1 atom stereocenters. The van der Waals surface area contributed by atoms with E-state index in [2.05, 4.69) is 23.5 Å². The summed E-state index contributed by atoms with van der Waals surface area (Å²) in [6.45, 7) is 15.7. The minimum atomic E-state index is -0.877. The molecule has 0 radical (unpaired) electrons. The van der Waals surface area contributed by atoms with Crippen molar-refractivity contribution in [2.45, 2.75) is 33.7 Å². The Labute approximate surface area is 173 Å². The summed E-state index contributed by atoms with van der Waals surface area (Å²) in [5.74, 6) is -0.580. The topological polar surface area (TPSA) is 77.5 Å². The first-order valence-corrected chi connectivity index (χ1v) is 9.39. The van der Waals surface area contributed by atoms with Crippen molar-refractivity contribution in [3.05, 3.63) is 73.0 Å². The number of hydrogen-bond acceptors (Lipinski definition) is 5. The van der Waals surface area contributed by atoms with Crippen LogP contribution in [0.25, 0.3) is 0 Å². The second kappa shape index (κ2) is 11.6. The van der Waals surface area contributed by atoms with Crippen molar-refractivity contribution in [3.63, 3.8) is 0 Å². The number of aromatic nitrogens is 1. The molecule has 1 amide bonds. The summed E-state index contributed by atoms with van der Waals surface area (Å²) in [4.78, 5) is 28.8. The molecule has 0 saturated heterocycles. The Morgan fingerprint density at radius 3 is 2.59 bits per heavy atom. The molecule has 0 bridgehead atoms. The molecular weight excluding hydrogens is 368 g/mol. The zero-order valence-corrected chi connectivity index (χ0v) is 17.6. The van der Waals surface area contributed by atoms with E-state index in [4.69, 9.17) is 9.47 Å². The second-order valence-electron chi connectivity index (χ2n) is 7.36. The smallest absolute Gasteiger partial charge is 0.332 e. The van der Waals surface area contributed by atoms with Crippen LogP contribution in [0.2, 0.25) is 0 Å². The van der Waals surface area contributed by atoms with Gasteiger partial charge in [0.15, 0.2) is 0 Å². The molecule has 1 unspecified atom stereocenters. The van der Waals surface area contributed by atoms with Crippen LogP contribution in [0.15, 0.2) is 67.4 Å². The van der Waals surface area contributed by atoms with Gasteiger partial charge in [-0.1, -0.05) is 64.3 Å². The van der Waals surface area contributed by atoms with Gasteiger partial charge in [0.05, 0.1) is 12.2 Å². The van der Waals surface area contributed by atoms with E-state index in [1.807, 2.05) is 26.8 Å². The number of allylic oxidation sites excluding steroid dienone is 3. The summed E-state index contributed by atoms with van der Waals surface area (Å²) in [5.41, 5.74) is 0.929. The molecular formula is C23H30N2O4. The first kappa shape index (κ1) is 23.9. The highest BCUT2D eigenvalue weighted by molar-refractivity contribution is 5.97. The van der Waals surface area contributed by atoms with Gasteiger partial charge in [-0.05, 0) is 24.0 Å². The molecule has 0 saturated carbocycles. The Morgan fingerprint density at radius 1 is 1.31 bits per heavy atom. The molecule has 1 aromatic heterocycles. The van der Waals surface area contributed by atoms with E-state index < -0.39 is 17.9 Å². The van der Waals surface area contributed by atoms with Gasteiger partial charge in [-0.2, -0.15) is 0 Å². The van der Waals surface area contributed by atoms with E-state index >= 15 is 0 Å². The van der Waals surface area contributed by atoms with Crippen molar-refractivity contribution in [2.75, 3.05) is 13.2 Å². The zero-order chi connectivity index (χ0) is 21.9. The number of nitrogens with zero attached hydrogens (tertiary/aromatic N) is 1. The van der Waals surface area contributed by atoms with Gasteiger partial charge in [0.2, 0.25) is 5.88 Å². The van der Waals surface area contributed by atoms with E-state index in [-0.39, 0.29) is 18.6 Å². The summed E-state index contributed by atoms with van der Waals surface area (Å²) >= 11 is 0. The standard InChI is InChI=1S/C23H30N2O4/c1-7-9-10-17(3)16-29-20-12-11-18(15-24-20)21(26)25-19(22(27)28-8-2)13-14-23(4,5)6/h7,9-15,19H,1,3,8,16H2,2,4-6H3,(H,25,26)/b10-9-,14-13+. The van der Waals surface area contributed by atoms with Gasteiger partial charge < -0.3 is 14.8 Å². The van der Waals surface area contributed by atoms with E-state index in [9.17, 15) is 9.59 Å². The van der Waals surface area contributed by atoms with Gasteiger partial charge in [-0.15, -0.1) is 0 Å². The van der Waals surface area contributed by atoms with Gasteiger partial charge in [0, 0.05) is 12.3 Å². The molecule has 0 aromatic carbocycles. The van der Waals surface area contributed by atoms with Crippen LogP contribution in [-0.4, -0.2) is 36.1 Å². The minimum Gasteiger partial charge on any atom is -0.473 e. The highest BCUT2D eigenvalue weighted by Gasteiger charge is 2.21. The van der Waals surface area contributed by atoms with Gasteiger partial charge in [0.1, 0.15) is 12.6 Å². The molecule has 1 heterocycles. The lowest BCUT2D eigenvalue weighted by Gasteiger charge is -2.17. The Bertz CT molecular complexity index is 771. The maximum atomic E-state index is 12.5. The fourth-order valence-electron chi connectivity index (χ4n) is 2.05. The minimum absolute atomic E-state index is 0.138. The Balaban J connectivity index is 2.78. The average molecular weight is 399 g/mol. The van der Waals surface area contributed by atoms with Crippen molar-refractivity contribution < 1.29 is 19.1 Å². The van der Waals surface area contributed by atoms with E-state index in [1.54, 1.807) is 43.4 Å². The number of amides is 1. The highest BCUT2D eigenvalue weighted by Crippen LogP contribution is 2.15. The third-order valence-corrected chi connectivity index (χ3v) is 3.49. The molecule has 1 rings (SSSR count). The number of nitrogens with one attached hydrogen (secondary N) is 1. The molecule has 0 fully saturated rings. The SMILES string of the molecule is C=C/C=C\C(=C)COc1ccc(C(=O)NC(/C=C/C(C)(C)C)C(=O)OCC)cn1. The number of rotatable bonds is 10. The molecule has 0 aliphatic heterocycles. The fourth-order valence-corrected chi connectivity index (χ4v) is 2.05. The first-order valence-electron chi connectivity index (χ1n) is 9.39. The quantitative estimate of drug-likeness (QED) is 0.366. The normalized spacial score (nSPS) is 12.6. The van der Waals surface area contributed by atoms with Gasteiger partial charge in [0.25, 0.3) is 5.91 Å². The van der Waals surface area contributed by atoms with Crippen LogP contribution >= 0.6 is 0 Å². The van der Waals surface area contributed by atoms with Crippen molar-refractivity contribution in [3.8, 4) is 5.88 Å². The number of ether oxygens (including phenoxy) is 2. The number of hydrogen-bond donors (Lipinski definition) is 1. The summed E-state index contributed by atoms with van der Waals surface area (Å²) in [6, 6.07) is 2.29. The Hall–Kier alpha value is -3.15. The van der Waals surface area contributed by atoms with Crippen molar-refractivity contribution >= 4 is 11.9 Å². The van der Waals surface area contributed by atoms with Crippen LogP contribution in [0, 0.1) is 5.41 Å². The molecule has 0 aliphatic carbocycles.